The molecular weight excluding hydrogens is 360 g/mol. The number of aromatic nitrogens is 1. The highest BCUT2D eigenvalue weighted by Crippen LogP contribution is 2.41. The maximum atomic E-state index is 11.7. The van der Waals surface area contributed by atoms with Crippen molar-refractivity contribution in [1.29, 1.82) is 0 Å². The van der Waals surface area contributed by atoms with Crippen LogP contribution in [0.5, 0.6) is 0 Å². The topological polar surface area (TPSA) is 48.1 Å². The zero-order valence-corrected chi connectivity index (χ0v) is 15.9. The summed E-state index contributed by atoms with van der Waals surface area (Å²) in [5.41, 5.74) is 6.03. The van der Waals surface area contributed by atoms with Crippen LogP contribution < -0.4 is 0 Å². The van der Waals surface area contributed by atoms with Crippen LogP contribution in [-0.4, -0.2) is 9.49 Å². The normalized spacial score (nSPS) is 11.2. The van der Waals surface area contributed by atoms with Crippen molar-refractivity contribution in [1.82, 2.24) is 4.57 Å². The van der Waals surface area contributed by atoms with Gasteiger partial charge in [-0.1, -0.05) is 60.7 Å². The fourth-order valence-electron chi connectivity index (χ4n) is 4.18. The molecule has 0 spiro atoms. The highest BCUT2D eigenvalue weighted by Gasteiger charge is 2.20. The van der Waals surface area contributed by atoms with Crippen molar-refractivity contribution in [3.8, 4) is 16.8 Å². The first-order valence-electron chi connectivity index (χ1n) is 9.49. The zero-order chi connectivity index (χ0) is 20.0. The van der Waals surface area contributed by atoms with Gasteiger partial charge in [0.25, 0.3) is 5.69 Å². The molecule has 4 aromatic carbocycles. The summed E-state index contributed by atoms with van der Waals surface area (Å²) >= 11 is 0. The lowest BCUT2D eigenvalue weighted by molar-refractivity contribution is -0.384. The maximum Gasteiger partial charge on any atom is 0.277 e. The average molecular weight is 378 g/mol. The van der Waals surface area contributed by atoms with Crippen molar-refractivity contribution in [3.05, 3.63) is 107 Å². The quantitative estimate of drug-likeness (QED) is 0.260. The van der Waals surface area contributed by atoms with Gasteiger partial charge in [0.15, 0.2) is 0 Å². The molecule has 140 valence electrons. The molecular formula is C25H18N2O2. The third kappa shape index (κ3) is 2.61. The van der Waals surface area contributed by atoms with Gasteiger partial charge in [-0.3, -0.25) is 10.1 Å². The average Bonchev–Trinajstić information content (AvgIpc) is 3.08. The van der Waals surface area contributed by atoms with Crippen LogP contribution in [0.1, 0.15) is 5.56 Å². The number of fused-ring (bicyclic) bond motifs is 3. The van der Waals surface area contributed by atoms with Gasteiger partial charge in [0.2, 0.25) is 0 Å². The van der Waals surface area contributed by atoms with Crippen molar-refractivity contribution in [2.45, 2.75) is 6.92 Å². The third-order valence-corrected chi connectivity index (χ3v) is 5.44. The van der Waals surface area contributed by atoms with Crippen LogP contribution in [0.2, 0.25) is 0 Å². The molecule has 4 heteroatoms. The van der Waals surface area contributed by atoms with Crippen molar-refractivity contribution in [2.24, 2.45) is 0 Å². The summed E-state index contributed by atoms with van der Waals surface area (Å²) in [6.45, 7) is 2.10. The van der Waals surface area contributed by atoms with E-state index in [1.807, 2.05) is 48.5 Å². The number of hydrogen-bond acceptors (Lipinski definition) is 2. The van der Waals surface area contributed by atoms with Crippen molar-refractivity contribution in [2.75, 3.05) is 0 Å². The molecule has 0 radical (unpaired) electrons. The minimum atomic E-state index is -0.311. The number of nitrogens with zero attached hydrogens (tertiary/aromatic N) is 2. The van der Waals surface area contributed by atoms with Gasteiger partial charge in [-0.15, -0.1) is 0 Å². The summed E-state index contributed by atoms with van der Waals surface area (Å²) in [5, 5.41) is 13.8. The SMILES string of the molecule is Cc1ccccc1-n1c2ccccc2c2c(-c3ccccc3[N+](=O)[O-])cccc21. The number of benzene rings is 4. The highest BCUT2D eigenvalue weighted by atomic mass is 16.6. The molecule has 0 aliphatic heterocycles. The smallest absolute Gasteiger partial charge is 0.277 e. The highest BCUT2D eigenvalue weighted by molar-refractivity contribution is 6.16. The Morgan fingerprint density at radius 3 is 2.21 bits per heavy atom. The fraction of sp³-hybridized carbons (Fsp3) is 0.0400. The molecule has 1 heterocycles. The molecule has 4 nitrogen and oxygen atoms in total. The Hall–Kier alpha value is -3.92. The minimum absolute atomic E-state index is 0.118. The lowest BCUT2D eigenvalue weighted by Gasteiger charge is -2.11. The van der Waals surface area contributed by atoms with E-state index >= 15 is 0 Å². The Labute approximate surface area is 167 Å². The number of rotatable bonds is 3. The van der Waals surface area contributed by atoms with Gasteiger partial charge in [-0.05, 0) is 42.3 Å². The Balaban J connectivity index is 1.96. The van der Waals surface area contributed by atoms with Gasteiger partial charge in [-0.25, -0.2) is 0 Å². The summed E-state index contributed by atoms with van der Waals surface area (Å²) in [6, 6.07) is 29.5. The molecule has 0 aliphatic rings. The first kappa shape index (κ1) is 17.2. The molecule has 0 unspecified atom stereocenters. The second-order valence-electron chi connectivity index (χ2n) is 7.11. The first-order valence-corrected chi connectivity index (χ1v) is 9.49. The summed E-state index contributed by atoms with van der Waals surface area (Å²) in [6.07, 6.45) is 0. The van der Waals surface area contributed by atoms with Crippen LogP contribution in [0, 0.1) is 17.0 Å². The van der Waals surface area contributed by atoms with Crippen LogP contribution in [0.15, 0.2) is 91.0 Å². The van der Waals surface area contributed by atoms with Crippen LogP contribution in [-0.2, 0) is 0 Å². The van der Waals surface area contributed by atoms with E-state index in [2.05, 4.69) is 41.8 Å². The number of aryl methyl sites for hydroxylation is 1. The fourth-order valence-corrected chi connectivity index (χ4v) is 4.18. The van der Waals surface area contributed by atoms with E-state index in [4.69, 9.17) is 0 Å². The predicted octanol–water partition coefficient (Wildman–Crippen LogP) is 6.67. The van der Waals surface area contributed by atoms with Gasteiger partial charge in [0, 0.05) is 22.5 Å². The minimum Gasteiger partial charge on any atom is -0.309 e. The van der Waals surface area contributed by atoms with Crippen molar-refractivity contribution in [3.63, 3.8) is 0 Å². The van der Waals surface area contributed by atoms with E-state index in [1.54, 1.807) is 12.1 Å². The Morgan fingerprint density at radius 1 is 0.724 bits per heavy atom. The van der Waals surface area contributed by atoms with Gasteiger partial charge in [-0.2, -0.15) is 0 Å². The standard InChI is InChI=1S/C25H18N2O2/c1-17-9-2-5-13-21(17)26-22-14-6-4-11-20(22)25-19(12-8-16-24(25)26)18-10-3-7-15-23(18)27(28)29/h2-16H,1H3. The molecule has 0 fully saturated rings. The van der Waals surface area contributed by atoms with E-state index in [0.29, 0.717) is 5.56 Å². The molecule has 0 amide bonds. The third-order valence-electron chi connectivity index (χ3n) is 5.44. The molecule has 0 bridgehead atoms. The molecule has 0 saturated heterocycles. The summed E-state index contributed by atoms with van der Waals surface area (Å²) in [5.74, 6) is 0. The molecule has 5 aromatic rings. The second kappa shape index (κ2) is 6.60. The number of nitro groups is 1. The predicted molar refractivity (Wildman–Crippen MR) is 118 cm³/mol. The molecule has 0 saturated carbocycles. The molecule has 1 aromatic heterocycles. The van der Waals surface area contributed by atoms with E-state index in [9.17, 15) is 10.1 Å². The van der Waals surface area contributed by atoms with E-state index < -0.39 is 0 Å². The number of hydrogen-bond donors (Lipinski definition) is 0. The second-order valence-corrected chi connectivity index (χ2v) is 7.11. The zero-order valence-electron chi connectivity index (χ0n) is 15.9. The van der Waals surface area contributed by atoms with E-state index in [1.165, 1.54) is 5.56 Å². The molecule has 0 N–H and O–H groups in total. The van der Waals surface area contributed by atoms with Crippen LogP contribution in [0.25, 0.3) is 38.6 Å². The monoisotopic (exact) mass is 378 g/mol. The van der Waals surface area contributed by atoms with Gasteiger partial charge in [0.1, 0.15) is 0 Å². The van der Waals surface area contributed by atoms with E-state index in [-0.39, 0.29) is 10.6 Å². The first-order chi connectivity index (χ1) is 14.2. The summed E-state index contributed by atoms with van der Waals surface area (Å²) < 4.78 is 2.25. The van der Waals surface area contributed by atoms with Crippen LogP contribution >= 0.6 is 0 Å². The Kier molecular flexibility index (Phi) is 3.91. The summed E-state index contributed by atoms with van der Waals surface area (Å²) in [7, 11) is 0. The van der Waals surface area contributed by atoms with Gasteiger partial charge < -0.3 is 4.57 Å². The molecule has 0 aliphatic carbocycles. The van der Waals surface area contributed by atoms with Gasteiger partial charge in [0.05, 0.1) is 21.5 Å². The summed E-state index contributed by atoms with van der Waals surface area (Å²) in [4.78, 5) is 11.4. The number of para-hydroxylation sites is 3. The Morgan fingerprint density at radius 2 is 1.38 bits per heavy atom. The Bertz CT molecular complexity index is 1400. The van der Waals surface area contributed by atoms with Crippen LogP contribution in [0.3, 0.4) is 0 Å². The molecule has 29 heavy (non-hydrogen) atoms. The lowest BCUT2D eigenvalue weighted by atomic mass is 9.98. The van der Waals surface area contributed by atoms with Crippen LogP contribution in [0.4, 0.5) is 5.69 Å². The van der Waals surface area contributed by atoms with Crippen molar-refractivity contribution < 1.29 is 4.92 Å². The van der Waals surface area contributed by atoms with E-state index in [0.717, 1.165) is 33.1 Å². The maximum absolute atomic E-state index is 11.7. The molecule has 0 atom stereocenters. The molecule has 5 rings (SSSR count). The van der Waals surface area contributed by atoms with Gasteiger partial charge >= 0.3 is 0 Å². The number of nitro benzene ring substituents is 1. The van der Waals surface area contributed by atoms with Crippen molar-refractivity contribution >= 4 is 27.5 Å². The lowest BCUT2D eigenvalue weighted by Crippen LogP contribution is -1.96. The largest absolute Gasteiger partial charge is 0.309 e.